The minimum absolute atomic E-state index is 0.107. The van der Waals surface area contributed by atoms with Crippen molar-refractivity contribution in [1.29, 1.82) is 0 Å². The average molecular weight is 984 g/mol. The lowest BCUT2D eigenvalue weighted by Gasteiger charge is -2.26. The topological polar surface area (TPSA) is 51.6 Å². The van der Waals surface area contributed by atoms with Crippen LogP contribution in [0.1, 0.15) is 183 Å². The van der Waals surface area contributed by atoms with Crippen LogP contribution < -0.4 is 0 Å². The van der Waals surface area contributed by atoms with E-state index in [9.17, 15) is 0 Å². The molecule has 362 valence electrons. The summed E-state index contributed by atoms with van der Waals surface area (Å²) in [7, 11) is 0. The predicted molar refractivity (Wildman–Crippen MR) is 308 cm³/mol. The Morgan fingerprint density at radius 2 is 0.706 bits per heavy atom. The molecule has 6 aromatic carbocycles. The Labute approximate surface area is 425 Å². The van der Waals surface area contributed by atoms with E-state index in [1.807, 2.05) is 47.0 Å². The van der Waals surface area contributed by atoms with Crippen LogP contribution in [0.25, 0.3) is 76.5 Å². The highest BCUT2D eigenvalue weighted by atomic mass is 32.2. The normalized spacial score (nSPS) is 12.8. The molecule has 0 aliphatic carbocycles. The van der Waals surface area contributed by atoms with Crippen LogP contribution in [0, 0.1) is 0 Å². The molecule has 4 nitrogen and oxygen atoms in total. The second kappa shape index (κ2) is 23.0. The summed E-state index contributed by atoms with van der Waals surface area (Å²) < 4.78 is 0. The molecule has 8 rings (SSSR count). The fourth-order valence-electron chi connectivity index (χ4n) is 9.81. The van der Waals surface area contributed by atoms with Crippen molar-refractivity contribution in [3.63, 3.8) is 0 Å². The number of fused-ring (bicyclic) bond motifs is 8. The lowest BCUT2D eigenvalue weighted by Crippen LogP contribution is -2.13. The minimum Gasteiger partial charge on any atom is -0.244 e. The van der Waals surface area contributed by atoms with Crippen LogP contribution in [-0.4, -0.2) is 42.9 Å². The quantitative estimate of drug-likeness (QED) is 0.0257. The predicted octanol–water partition coefficient (Wildman–Crippen LogP) is 20.1. The van der Waals surface area contributed by atoms with Crippen LogP contribution in [-0.2, 0) is 10.8 Å². The molecule has 0 N–H and O–H groups in total. The van der Waals surface area contributed by atoms with E-state index in [-0.39, 0.29) is 10.8 Å². The molecular weight excluding hydrogens is 905 g/mol. The van der Waals surface area contributed by atoms with E-state index in [0.717, 1.165) is 72.5 Å². The van der Waals surface area contributed by atoms with Crippen molar-refractivity contribution >= 4 is 123 Å². The van der Waals surface area contributed by atoms with Gasteiger partial charge in [0.2, 0.25) is 0 Å². The Kier molecular flexibility index (Phi) is 17.4. The summed E-state index contributed by atoms with van der Waals surface area (Å²) in [6, 6.07) is 19.1. The summed E-state index contributed by atoms with van der Waals surface area (Å²) in [4.78, 5) is 28.4. The molecule has 0 radical (unpaired) electrons. The van der Waals surface area contributed by atoms with Crippen molar-refractivity contribution in [3.05, 3.63) is 59.7 Å². The van der Waals surface area contributed by atoms with E-state index in [1.165, 1.54) is 160 Å². The molecular formula is C60H78N4S4. The molecule has 0 amide bonds. The number of hydrogen-bond donors (Lipinski definition) is 0. The molecule has 8 heteroatoms. The van der Waals surface area contributed by atoms with Gasteiger partial charge in [-0.3, -0.25) is 0 Å². The maximum Gasteiger partial charge on any atom is 0.0982 e. The number of hydrogen-bond acceptors (Lipinski definition) is 8. The smallest absolute Gasteiger partial charge is 0.0982 e. The maximum absolute atomic E-state index is 5.79. The Bertz CT molecular complexity index is 2980. The fourth-order valence-corrected chi connectivity index (χ4v) is 14.4. The first-order valence-electron chi connectivity index (χ1n) is 26.5. The lowest BCUT2D eigenvalue weighted by atomic mass is 9.78. The van der Waals surface area contributed by atoms with Crippen molar-refractivity contribution in [2.75, 3.05) is 23.0 Å². The van der Waals surface area contributed by atoms with Crippen LogP contribution in [0.15, 0.2) is 68.1 Å². The average Bonchev–Trinajstić information content (AvgIpc) is 3.31. The molecule has 0 aliphatic rings. The minimum atomic E-state index is -0.137. The van der Waals surface area contributed by atoms with Crippen LogP contribution in [0.2, 0.25) is 0 Å². The zero-order valence-electron chi connectivity index (χ0n) is 43.2. The van der Waals surface area contributed by atoms with Gasteiger partial charge >= 0.3 is 0 Å². The van der Waals surface area contributed by atoms with E-state index < -0.39 is 0 Å². The van der Waals surface area contributed by atoms with E-state index >= 15 is 0 Å². The number of benzene rings is 6. The third-order valence-corrected chi connectivity index (χ3v) is 18.6. The second-order valence-electron chi connectivity index (χ2n) is 21.4. The monoisotopic (exact) mass is 983 g/mol. The van der Waals surface area contributed by atoms with E-state index in [4.69, 9.17) is 19.9 Å². The number of aromatic nitrogens is 4. The highest BCUT2D eigenvalue weighted by molar-refractivity contribution is 8.02. The highest BCUT2D eigenvalue weighted by Gasteiger charge is 2.28. The molecule has 68 heavy (non-hydrogen) atoms. The van der Waals surface area contributed by atoms with Crippen LogP contribution in [0.4, 0.5) is 0 Å². The standard InChI is InChI=1S/C60H78N4S4/c1-11-15-19-23-29-65-48-35-44-45(36-49(48)66-30-24-20-16-12-2)62-56-41-33-39(59(5,6)7)34-42-52(41)53-40(55(56)61-44)27-28-43(60(8,9)10)54(53)58-57(42)63-46-37-50(67-31-25-21-17-13-3)51(38-47(46)64-58)68-32-26-22-18-14-4/h27-28,33-38H,11-26,29-32H2,1-10H3. The lowest BCUT2D eigenvalue weighted by molar-refractivity contribution is 0.592. The molecule has 0 spiro atoms. The van der Waals surface area contributed by atoms with Crippen molar-refractivity contribution < 1.29 is 0 Å². The molecule has 0 aliphatic heterocycles. The Balaban J connectivity index is 1.40. The molecule has 0 saturated heterocycles. The number of unbranched alkanes of at least 4 members (excludes halogenated alkanes) is 12. The molecule has 0 saturated carbocycles. The van der Waals surface area contributed by atoms with Crippen LogP contribution >= 0.6 is 47.0 Å². The van der Waals surface area contributed by atoms with Gasteiger partial charge in [0.25, 0.3) is 0 Å². The number of nitrogens with zero attached hydrogens (tertiary/aromatic N) is 4. The van der Waals surface area contributed by atoms with Crippen LogP contribution in [0.3, 0.4) is 0 Å². The SMILES string of the molecule is CCCCCCSc1cc2nc3c4cc(C(C)(C)C)cc5c6nc7cc(SCCCCCC)c(SCCCCCC)cc7nc6c6c(C(C)(C)C)ccc(c3nc2cc1SCCCCCC)c6c45. The summed E-state index contributed by atoms with van der Waals surface area (Å²) in [6.45, 7) is 23.2. The van der Waals surface area contributed by atoms with Gasteiger partial charge < -0.3 is 0 Å². The first-order valence-corrected chi connectivity index (χ1v) is 30.4. The first-order chi connectivity index (χ1) is 32.9. The van der Waals surface area contributed by atoms with Gasteiger partial charge in [0.05, 0.1) is 44.1 Å². The third-order valence-electron chi connectivity index (χ3n) is 13.8. The van der Waals surface area contributed by atoms with E-state index in [0.29, 0.717) is 0 Å². The molecule has 0 atom stereocenters. The molecule has 2 aromatic heterocycles. The van der Waals surface area contributed by atoms with Gasteiger partial charge in [-0.05, 0) is 107 Å². The summed E-state index contributed by atoms with van der Waals surface area (Å²) in [5.74, 6) is 4.53. The molecule has 2 heterocycles. The van der Waals surface area contributed by atoms with Crippen molar-refractivity contribution in [3.8, 4) is 0 Å². The highest BCUT2D eigenvalue weighted by Crippen LogP contribution is 2.49. The van der Waals surface area contributed by atoms with Crippen molar-refractivity contribution in [2.24, 2.45) is 0 Å². The molecule has 0 bridgehead atoms. The van der Waals surface area contributed by atoms with Gasteiger partial charge in [-0.2, -0.15) is 0 Å². The summed E-state index contributed by atoms with van der Waals surface area (Å²) in [6.07, 6.45) is 20.4. The second-order valence-corrected chi connectivity index (χ2v) is 26.0. The zero-order valence-corrected chi connectivity index (χ0v) is 46.4. The Morgan fingerprint density at radius 1 is 0.353 bits per heavy atom. The number of rotatable bonds is 24. The van der Waals surface area contributed by atoms with Gasteiger partial charge in [0.15, 0.2) is 0 Å². The fraction of sp³-hybridized carbons (Fsp3) is 0.533. The molecule has 0 fully saturated rings. The van der Waals surface area contributed by atoms with Crippen molar-refractivity contribution in [2.45, 2.75) is 202 Å². The van der Waals surface area contributed by atoms with Crippen molar-refractivity contribution in [1.82, 2.24) is 19.9 Å². The summed E-state index contributed by atoms with van der Waals surface area (Å²) >= 11 is 8.07. The Hall–Kier alpha value is -3.04. The Morgan fingerprint density at radius 3 is 1.06 bits per heavy atom. The zero-order chi connectivity index (χ0) is 48.0. The van der Waals surface area contributed by atoms with Gasteiger partial charge in [0, 0.05) is 51.9 Å². The van der Waals surface area contributed by atoms with Gasteiger partial charge in [0.1, 0.15) is 0 Å². The summed E-state index contributed by atoms with van der Waals surface area (Å²) in [5.41, 5.74) is 10.3. The third kappa shape index (κ3) is 11.3. The van der Waals surface area contributed by atoms with Crippen LogP contribution in [0.5, 0.6) is 0 Å². The van der Waals surface area contributed by atoms with E-state index in [1.54, 1.807) is 0 Å². The van der Waals surface area contributed by atoms with E-state index in [2.05, 4.69) is 118 Å². The summed E-state index contributed by atoms with van der Waals surface area (Å²) in [5, 5.41) is 7.20. The first kappa shape index (κ1) is 51.3. The van der Waals surface area contributed by atoms with Gasteiger partial charge in [-0.15, -0.1) is 47.0 Å². The molecule has 8 aromatic rings. The largest absolute Gasteiger partial charge is 0.244 e. The van der Waals surface area contributed by atoms with Gasteiger partial charge in [-0.25, -0.2) is 19.9 Å². The van der Waals surface area contributed by atoms with Gasteiger partial charge in [-0.1, -0.05) is 158 Å². The maximum atomic E-state index is 5.79. The number of thioether (sulfide) groups is 4. The molecule has 0 unspecified atom stereocenters.